The molecule has 2 aromatic rings. The summed E-state index contributed by atoms with van der Waals surface area (Å²) >= 11 is 5.91. The van der Waals surface area contributed by atoms with E-state index in [0.29, 0.717) is 35.2 Å². The molecular formula is C19H22ClNO4. The molecule has 5 nitrogen and oxygen atoms in total. The fourth-order valence-corrected chi connectivity index (χ4v) is 2.49. The zero-order chi connectivity index (χ0) is 18.2. The van der Waals surface area contributed by atoms with Crippen molar-refractivity contribution in [1.82, 2.24) is 5.32 Å². The van der Waals surface area contributed by atoms with Gasteiger partial charge in [0.1, 0.15) is 5.75 Å². The number of carbonyl (C=O) groups is 1. The summed E-state index contributed by atoms with van der Waals surface area (Å²) in [6.45, 7) is 2.20. The normalized spacial score (nSPS) is 11.5. The van der Waals surface area contributed by atoms with E-state index in [1.165, 1.54) is 0 Å². The monoisotopic (exact) mass is 363 g/mol. The van der Waals surface area contributed by atoms with E-state index in [0.717, 1.165) is 5.56 Å². The molecule has 0 bridgehead atoms. The van der Waals surface area contributed by atoms with Crippen LogP contribution in [0.2, 0.25) is 5.02 Å². The van der Waals surface area contributed by atoms with Crippen LogP contribution in [0.4, 0.5) is 0 Å². The molecule has 0 aliphatic rings. The summed E-state index contributed by atoms with van der Waals surface area (Å²) in [6.07, 6.45) is 0.0690. The first-order chi connectivity index (χ1) is 12.0. The third-order valence-electron chi connectivity index (χ3n) is 3.64. The highest BCUT2D eigenvalue weighted by atomic mass is 35.5. The molecule has 1 N–H and O–H groups in total. The van der Waals surface area contributed by atoms with E-state index >= 15 is 0 Å². The molecule has 0 aliphatic carbocycles. The van der Waals surface area contributed by atoms with E-state index < -0.39 is 6.10 Å². The molecule has 1 atom stereocenters. The molecule has 0 heterocycles. The second-order valence-electron chi connectivity index (χ2n) is 5.45. The van der Waals surface area contributed by atoms with Crippen molar-refractivity contribution in [1.29, 1.82) is 0 Å². The van der Waals surface area contributed by atoms with Crippen LogP contribution in [0.5, 0.6) is 17.2 Å². The van der Waals surface area contributed by atoms with Crippen LogP contribution in [-0.2, 0) is 11.2 Å². The predicted molar refractivity (Wildman–Crippen MR) is 97.8 cm³/mol. The molecule has 0 aromatic heterocycles. The largest absolute Gasteiger partial charge is 0.493 e. The van der Waals surface area contributed by atoms with Crippen LogP contribution in [0.25, 0.3) is 0 Å². The summed E-state index contributed by atoms with van der Waals surface area (Å²) in [4.78, 5) is 12.1. The molecular weight excluding hydrogens is 342 g/mol. The Balaban J connectivity index is 1.83. The zero-order valence-electron chi connectivity index (χ0n) is 14.5. The van der Waals surface area contributed by atoms with Crippen LogP contribution >= 0.6 is 11.6 Å². The number of carbonyl (C=O) groups excluding carboxylic acids is 1. The lowest BCUT2D eigenvalue weighted by Crippen LogP contribution is -2.37. The first-order valence-corrected chi connectivity index (χ1v) is 8.32. The summed E-state index contributed by atoms with van der Waals surface area (Å²) < 4.78 is 16.1. The van der Waals surface area contributed by atoms with E-state index in [-0.39, 0.29) is 5.91 Å². The minimum absolute atomic E-state index is 0.180. The summed E-state index contributed by atoms with van der Waals surface area (Å²) in [5.74, 6) is 1.73. The lowest BCUT2D eigenvalue weighted by atomic mass is 10.1. The first-order valence-electron chi connectivity index (χ1n) is 7.94. The molecule has 6 heteroatoms. The van der Waals surface area contributed by atoms with E-state index in [4.69, 9.17) is 25.8 Å². The molecule has 25 heavy (non-hydrogen) atoms. The van der Waals surface area contributed by atoms with Crippen LogP contribution in [-0.4, -0.2) is 32.8 Å². The highest BCUT2D eigenvalue weighted by molar-refractivity contribution is 6.30. The SMILES string of the molecule is COc1ccc(CCNC(=O)C(C)Oc2cccc(Cl)c2)cc1OC. The Morgan fingerprint density at radius 1 is 1.12 bits per heavy atom. The Morgan fingerprint density at radius 3 is 2.56 bits per heavy atom. The third-order valence-corrected chi connectivity index (χ3v) is 3.87. The molecule has 0 spiro atoms. The lowest BCUT2D eigenvalue weighted by Gasteiger charge is -2.15. The molecule has 0 saturated carbocycles. The highest BCUT2D eigenvalue weighted by Gasteiger charge is 2.14. The van der Waals surface area contributed by atoms with Crippen molar-refractivity contribution in [3.8, 4) is 17.2 Å². The average molecular weight is 364 g/mol. The maximum Gasteiger partial charge on any atom is 0.260 e. The Morgan fingerprint density at radius 2 is 1.88 bits per heavy atom. The van der Waals surface area contributed by atoms with Gasteiger partial charge >= 0.3 is 0 Å². The third kappa shape index (κ3) is 5.57. The molecule has 134 valence electrons. The molecule has 0 fully saturated rings. The molecule has 2 aromatic carbocycles. The summed E-state index contributed by atoms with van der Waals surface area (Å²) in [5, 5.41) is 3.43. The number of rotatable bonds is 8. The summed E-state index contributed by atoms with van der Waals surface area (Å²) in [6, 6.07) is 12.7. The van der Waals surface area contributed by atoms with Gasteiger partial charge in [0, 0.05) is 11.6 Å². The van der Waals surface area contributed by atoms with Crippen LogP contribution in [0, 0.1) is 0 Å². The highest BCUT2D eigenvalue weighted by Crippen LogP contribution is 2.27. The van der Waals surface area contributed by atoms with Gasteiger partial charge in [-0.05, 0) is 49.2 Å². The number of hydrogen-bond acceptors (Lipinski definition) is 4. The number of halogens is 1. The Bertz CT molecular complexity index is 720. The van der Waals surface area contributed by atoms with Gasteiger partial charge in [-0.3, -0.25) is 4.79 Å². The number of nitrogens with one attached hydrogen (secondary N) is 1. The first kappa shape index (κ1) is 18.9. The zero-order valence-corrected chi connectivity index (χ0v) is 15.3. The van der Waals surface area contributed by atoms with Crippen molar-refractivity contribution >= 4 is 17.5 Å². The molecule has 0 radical (unpaired) electrons. The van der Waals surface area contributed by atoms with Crippen molar-refractivity contribution in [2.45, 2.75) is 19.4 Å². The van der Waals surface area contributed by atoms with Crippen LogP contribution < -0.4 is 19.5 Å². The average Bonchev–Trinajstić information content (AvgIpc) is 2.61. The molecule has 0 saturated heterocycles. The second-order valence-corrected chi connectivity index (χ2v) is 5.88. The van der Waals surface area contributed by atoms with Crippen LogP contribution in [0.3, 0.4) is 0 Å². The minimum Gasteiger partial charge on any atom is -0.493 e. The smallest absolute Gasteiger partial charge is 0.260 e. The van der Waals surface area contributed by atoms with Gasteiger partial charge in [0.2, 0.25) is 0 Å². The standard InChI is InChI=1S/C19H22ClNO4/c1-13(25-16-6-4-5-15(20)12-16)19(22)21-10-9-14-7-8-17(23-2)18(11-14)24-3/h4-8,11-13H,9-10H2,1-3H3,(H,21,22). The van der Waals surface area contributed by atoms with E-state index in [1.54, 1.807) is 45.4 Å². The molecule has 1 amide bonds. The number of amides is 1. The van der Waals surface area contributed by atoms with E-state index in [2.05, 4.69) is 5.32 Å². The maximum atomic E-state index is 12.1. The van der Waals surface area contributed by atoms with E-state index in [1.807, 2.05) is 18.2 Å². The number of methoxy groups -OCH3 is 2. The topological polar surface area (TPSA) is 56.8 Å². The van der Waals surface area contributed by atoms with Gasteiger partial charge in [0.25, 0.3) is 5.91 Å². The lowest BCUT2D eigenvalue weighted by molar-refractivity contribution is -0.127. The Kier molecular flexibility index (Phi) is 6.95. The molecule has 0 aliphatic heterocycles. The van der Waals surface area contributed by atoms with E-state index in [9.17, 15) is 4.79 Å². The van der Waals surface area contributed by atoms with Crippen molar-refractivity contribution in [2.24, 2.45) is 0 Å². The van der Waals surface area contributed by atoms with Gasteiger partial charge in [-0.2, -0.15) is 0 Å². The fraction of sp³-hybridized carbons (Fsp3) is 0.316. The number of hydrogen-bond donors (Lipinski definition) is 1. The fourth-order valence-electron chi connectivity index (χ4n) is 2.31. The van der Waals surface area contributed by atoms with Gasteiger partial charge in [-0.15, -0.1) is 0 Å². The number of ether oxygens (including phenoxy) is 3. The quantitative estimate of drug-likeness (QED) is 0.780. The van der Waals surface area contributed by atoms with Crippen molar-refractivity contribution in [3.63, 3.8) is 0 Å². The van der Waals surface area contributed by atoms with Crippen molar-refractivity contribution in [3.05, 3.63) is 53.1 Å². The van der Waals surface area contributed by atoms with Gasteiger partial charge in [0.15, 0.2) is 17.6 Å². The number of benzene rings is 2. The Hall–Kier alpha value is -2.40. The summed E-state index contributed by atoms with van der Waals surface area (Å²) in [5.41, 5.74) is 1.04. The summed E-state index contributed by atoms with van der Waals surface area (Å²) in [7, 11) is 3.19. The van der Waals surface area contributed by atoms with Gasteiger partial charge in [-0.25, -0.2) is 0 Å². The maximum absolute atomic E-state index is 12.1. The van der Waals surface area contributed by atoms with Gasteiger partial charge < -0.3 is 19.5 Å². The predicted octanol–water partition coefficient (Wildman–Crippen LogP) is 3.48. The van der Waals surface area contributed by atoms with Crippen LogP contribution in [0.15, 0.2) is 42.5 Å². The molecule has 2 rings (SSSR count). The molecule has 1 unspecified atom stereocenters. The van der Waals surface area contributed by atoms with Crippen molar-refractivity contribution < 1.29 is 19.0 Å². The van der Waals surface area contributed by atoms with Crippen LogP contribution in [0.1, 0.15) is 12.5 Å². The van der Waals surface area contributed by atoms with Crippen molar-refractivity contribution in [2.75, 3.05) is 20.8 Å². The van der Waals surface area contributed by atoms with Gasteiger partial charge in [-0.1, -0.05) is 23.7 Å². The Labute approximate surface area is 152 Å². The second kappa shape index (κ2) is 9.18. The van der Waals surface area contributed by atoms with Gasteiger partial charge in [0.05, 0.1) is 14.2 Å². The minimum atomic E-state index is -0.608.